The summed E-state index contributed by atoms with van der Waals surface area (Å²) in [7, 11) is -3.80. The van der Waals surface area contributed by atoms with Crippen molar-refractivity contribution in [3.63, 3.8) is 0 Å². The van der Waals surface area contributed by atoms with Crippen LogP contribution in [-0.4, -0.2) is 75.4 Å². The molecule has 2 aliphatic heterocycles. The number of carbonyl (C=O) groups is 3. The summed E-state index contributed by atoms with van der Waals surface area (Å²) in [5.41, 5.74) is 9.14. The van der Waals surface area contributed by atoms with Gasteiger partial charge >= 0.3 is 0 Å². The van der Waals surface area contributed by atoms with E-state index in [1.807, 2.05) is 24.3 Å². The highest BCUT2D eigenvalue weighted by atomic mass is 32.2. The number of nitrogens with zero attached hydrogens (tertiary/aromatic N) is 4. The third-order valence-corrected chi connectivity index (χ3v) is 15.2. The fourth-order valence-electron chi connectivity index (χ4n) is 9.08. The van der Waals surface area contributed by atoms with Gasteiger partial charge in [-0.05, 0) is 83.3 Å². The number of hydrogen-bond donors (Lipinski definition) is 2. The molecular weight excluding hydrogens is 737 g/mol. The lowest BCUT2D eigenvalue weighted by Crippen LogP contribution is -2.49. The monoisotopic (exact) mass is 790 g/mol. The van der Waals surface area contributed by atoms with Crippen molar-refractivity contribution >= 4 is 50.0 Å². The Hall–Kier alpha value is -3.62. The molecule has 3 saturated carbocycles. The number of imidazole rings is 1. The number of nitrogens with one attached hydrogen (secondary N) is 1. The van der Waals surface area contributed by atoms with E-state index >= 15 is 0 Å². The quantitative estimate of drug-likeness (QED) is 0.241. The number of sulfonamides is 1. The Labute approximate surface area is 327 Å². The summed E-state index contributed by atoms with van der Waals surface area (Å²) in [6, 6.07) is 4.88. The van der Waals surface area contributed by atoms with Crippen molar-refractivity contribution in [2.75, 3.05) is 6.54 Å². The predicted octanol–water partition coefficient (Wildman–Crippen LogP) is 6.56. The molecule has 3 aromatic rings. The van der Waals surface area contributed by atoms with Crippen LogP contribution in [0.1, 0.15) is 128 Å². The molecule has 4 heterocycles. The summed E-state index contributed by atoms with van der Waals surface area (Å²) in [6.45, 7) is 4.29. The van der Waals surface area contributed by atoms with Gasteiger partial charge in [0, 0.05) is 35.7 Å². The SMILES string of the molecule is CC(C)n1c(O[C@@H]2C[C@H]3C(=O)C[C@]4(C(=O)NS(=O)(=O)C5CC5)C[C@H]4/C=C\CCCCC[C@H](N)C(=O)N3C2)nc2c(-c3nc(C4CCCCC4)cs3)cccc21. The minimum atomic E-state index is -3.80. The van der Waals surface area contributed by atoms with Gasteiger partial charge in [-0.15, -0.1) is 11.3 Å². The van der Waals surface area contributed by atoms with Gasteiger partial charge in [0.15, 0.2) is 5.78 Å². The number of benzene rings is 1. The van der Waals surface area contributed by atoms with E-state index in [1.165, 1.54) is 32.1 Å². The number of aromatic nitrogens is 3. The largest absolute Gasteiger partial charge is 0.459 e. The molecule has 0 bridgehead atoms. The molecule has 1 aromatic carbocycles. The van der Waals surface area contributed by atoms with Gasteiger partial charge in [0.05, 0.1) is 40.5 Å². The Morgan fingerprint density at radius 3 is 2.56 bits per heavy atom. The third kappa shape index (κ3) is 7.75. The molecule has 4 fully saturated rings. The Bertz CT molecular complexity index is 2080. The second-order valence-corrected chi connectivity index (χ2v) is 19.7. The zero-order valence-corrected chi connectivity index (χ0v) is 33.6. The highest BCUT2D eigenvalue weighted by Gasteiger charge is 2.61. The van der Waals surface area contributed by atoms with E-state index in [2.05, 4.69) is 34.6 Å². The van der Waals surface area contributed by atoms with Gasteiger partial charge in [0.2, 0.25) is 21.8 Å². The van der Waals surface area contributed by atoms with Crippen molar-refractivity contribution in [3.8, 4) is 16.6 Å². The molecule has 296 valence electrons. The Morgan fingerprint density at radius 1 is 1.04 bits per heavy atom. The maximum absolute atomic E-state index is 14.4. The van der Waals surface area contributed by atoms with E-state index in [0.29, 0.717) is 37.6 Å². The number of rotatable bonds is 8. The van der Waals surface area contributed by atoms with Crippen LogP contribution in [0.2, 0.25) is 0 Å². The average molecular weight is 791 g/mol. The number of carbonyl (C=O) groups excluding carboxylic acids is 3. The summed E-state index contributed by atoms with van der Waals surface area (Å²) in [5.74, 6) is -0.974. The molecule has 3 N–H and O–H groups in total. The summed E-state index contributed by atoms with van der Waals surface area (Å²) in [5, 5.41) is 2.56. The molecule has 1 saturated heterocycles. The first-order chi connectivity index (χ1) is 26.4. The normalized spacial score (nSPS) is 29.1. The fourth-order valence-corrected chi connectivity index (χ4v) is 11.4. The van der Waals surface area contributed by atoms with Crippen molar-refractivity contribution in [1.29, 1.82) is 0 Å². The van der Waals surface area contributed by atoms with Crippen molar-refractivity contribution in [3.05, 3.63) is 41.4 Å². The van der Waals surface area contributed by atoms with Crippen molar-refractivity contribution < 1.29 is 27.5 Å². The van der Waals surface area contributed by atoms with Crippen LogP contribution in [0.3, 0.4) is 0 Å². The number of ketones is 1. The molecule has 55 heavy (non-hydrogen) atoms. The highest BCUT2D eigenvalue weighted by molar-refractivity contribution is 7.90. The van der Waals surface area contributed by atoms with Gasteiger partial charge in [-0.1, -0.05) is 50.3 Å². The van der Waals surface area contributed by atoms with Gasteiger partial charge in [0.1, 0.15) is 16.6 Å². The molecule has 2 aromatic heterocycles. The molecule has 0 radical (unpaired) electrons. The lowest BCUT2D eigenvalue weighted by molar-refractivity contribution is -0.140. The van der Waals surface area contributed by atoms with Gasteiger partial charge in [-0.25, -0.2) is 13.4 Å². The van der Waals surface area contributed by atoms with Crippen LogP contribution in [0.5, 0.6) is 6.01 Å². The standard InChI is InChI=1S/C41H54N6O6S2/c1-25(2)47-33-17-11-15-30(37-43-32(24-54-37)26-12-7-6-8-13-26)36(33)44-40(47)53-28-20-34-35(48)22-41(39(50)45-55(51,52)29-18-19-29)21-27(41)14-9-4-3-5-10-16-31(42)38(49)46(34)23-28/h9,11,14-15,17,24-29,31,34H,3-8,10,12-13,16,18-23,42H2,1-2H3,(H,45,50)/b14-9-/t27-,28-,31+,34+,41-/m1/s1. The van der Waals surface area contributed by atoms with Crippen LogP contribution in [0.25, 0.3) is 21.6 Å². The molecule has 2 amide bonds. The van der Waals surface area contributed by atoms with Gasteiger partial charge in [-0.3, -0.25) is 23.7 Å². The first kappa shape index (κ1) is 38.3. The average Bonchev–Trinajstić information content (AvgIpc) is 3.98. The predicted molar refractivity (Wildman–Crippen MR) is 212 cm³/mol. The second kappa shape index (κ2) is 15.4. The van der Waals surface area contributed by atoms with E-state index in [0.717, 1.165) is 53.0 Å². The zero-order chi connectivity index (χ0) is 38.5. The Kier molecular flexibility index (Phi) is 10.7. The van der Waals surface area contributed by atoms with Crippen molar-refractivity contribution in [1.82, 2.24) is 24.2 Å². The van der Waals surface area contributed by atoms with E-state index in [1.54, 1.807) is 16.2 Å². The maximum atomic E-state index is 14.4. The van der Waals surface area contributed by atoms with Crippen LogP contribution < -0.4 is 15.2 Å². The first-order valence-electron chi connectivity index (χ1n) is 20.4. The number of thiazole rings is 1. The number of allylic oxidation sites excluding steroid dienone is 2. The number of hydrogen-bond acceptors (Lipinski definition) is 10. The molecular formula is C41H54N6O6S2. The number of amides is 2. The minimum Gasteiger partial charge on any atom is -0.459 e. The van der Waals surface area contributed by atoms with E-state index in [4.69, 9.17) is 20.4 Å². The third-order valence-electron chi connectivity index (χ3n) is 12.5. The van der Waals surface area contributed by atoms with Crippen LogP contribution in [0, 0.1) is 11.3 Å². The molecule has 5 aliphatic rings. The van der Waals surface area contributed by atoms with Gasteiger partial charge in [0.25, 0.3) is 6.01 Å². The van der Waals surface area contributed by atoms with E-state index in [9.17, 15) is 22.8 Å². The van der Waals surface area contributed by atoms with Crippen molar-refractivity contribution in [2.45, 2.75) is 146 Å². The van der Waals surface area contributed by atoms with Crippen LogP contribution in [0.15, 0.2) is 35.7 Å². The Balaban J connectivity index is 1.08. The van der Waals surface area contributed by atoms with Crippen molar-refractivity contribution in [2.24, 2.45) is 17.1 Å². The van der Waals surface area contributed by atoms with E-state index in [-0.39, 0.29) is 43.0 Å². The Morgan fingerprint density at radius 2 is 1.80 bits per heavy atom. The molecule has 0 spiro atoms. The smallest absolute Gasteiger partial charge is 0.297 e. The van der Waals surface area contributed by atoms with Crippen LogP contribution in [-0.2, 0) is 24.4 Å². The van der Waals surface area contributed by atoms with Gasteiger partial charge < -0.3 is 15.4 Å². The van der Waals surface area contributed by atoms with Crippen LogP contribution >= 0.6 is 11.3 Å². The lowest BCUT2D eigenvalue weighted by atomic mass is 9.87. The number of ether oxygens (including phenoxy) is 1. The van der Waals surface area contributed by atoms with Crippen LogP contribution in [0.4, 0.5) is 0 Å². The zero-order valence-electron chi connectivity index (χ0n) is 32.0. The fraction of sp³-hybridized carbons (Fsp3) is 0.634. The number of Topliss-reactive ketones (excluding diaryl/α,β-unsaturated/α-hetero) is 1. The molecule has 3 aliphatic carbocycles. The maximum Gasteiger partial charge on any atom is 0.297 e. The first-order valence-corrected chi connectivity index (χ1v) is 22.8. The number of para-hydroxylation sites is 1. The number of nitrogens with two attached hydrogens (primary N) is 1. The molecule has 5 atom stereocenters. The molecule has 8 rings (SSSR count). The molecule has 0 unspecified atom stereocenters. The summed E-state index contributed by atoms with van der Waals surface area (Å²) in [4.78, 5) is 53.9. The summed E-state index contributed by atoms with van der Waals surface area (Å²) < 4.78 is 36.8. The lowest BCUT2D eigenvalue weighted by Gasteiger charge is -2.27. The second-order valence-electron chi connectivity index (χ2n) is 16.9. The van der Waals surface area contributed by atoms with Gasteiger partial charge in [-0.2, -0.15) is 4.98 Å². The topological polar surface area (TPSA) is 167 Å². The molecule has 12 nitrogen and oxygen atoms in total. The highest BCUT2D eigenvalue weighted by Crippen LogP contribution is 2.57. The minimum absolute atomic E-state index is 0.00182. The number of fused-ring (bicyclic) bond motifs is 3. The molecule has 14 heteroatoms. The van der Waals surface area contributed by atoms with E-state index < -0.39 is 44.8 Å². The summed E-state index contributed by atoms with van der Waals surface area (Å²) >= 11 is 1.65. The summed E-state index contributed by atoms with van der Waals surface area (Å²) in [6.07, 6.45) is 14.9.